The molecular weight excluding hydrogens is 226 g/mol. The zero-order chi connectivity index (χ0) is 11.5. The second-order valence-corrected chi connectivity index (χ2v) is 4.08. The molecule has 0 saturated heterocycles. The van der Waals surface area contributed by atoms with Crippen LogP contribution in [0.2, 0.25) is 5.02 Å². The molecule has 0 amide bonds. The van der Waals surface area contributed by atoms with Gasteiger partial charge in [0.05, 0.1) is 12.5 Å². The number of hydrogen-bond donors (Lipinski definition) is 1. The Hall–Kier alpha value is -1.39. The number of halogens is 1. The summed E-state index contributed by atoms with van der Waals surface area (Å²) < 4.78 is 5.09. The van der Waals surface area contributed by atoms with E-state index in [0.29, 0.717) is 23.2 Å². The van der Waals surface area contributed by atoms with Crippen molar-refractivity contribution in [1.29, 1.82) is 0 Å². The fourth-order valence-electron chi connectivity index (χ4n) is 1.35. The van der Waals surface area contributed by atoms with E-state index in [-0.39, 0.29) is 6.04 Å². The standard InChI is InChI=1S/C11H12ClN3O/c1-7(13)11-14-10(16-15-11)6-8-3-2-4-9(12)5-8/h2-5,7H,6,13H2,1H3. The fraction of sp³-hybridized carbons (Fsp3) is 0.273. The van der Waals surface area contributed by atoms with Crippen LogP contribution in [0.4, 0.5) is 0 Å². The van der Waals surface area contributed by atoms with Gasteiger partial charge >= 0.3 is 0 Å². The molecule has 5 heteroatoms. The van der Waals surface area contributed by atoms with Crippen LogP contribution >= 0.6 is 11.6 Å². The predicted octanol–water partition coefficient (Wildman–Crippen LogP) is 2.33. The summed E-state index contributed by atoms with van der Waals surface area (Å²) in [4.78, 5) is 4.19. The average Bonchev–Trinajstić information content (AvgIpc) is 2.66. The fourth-order valence-corrected chi connectivity index (χ4v) is 1.56. The molecule has 2 N–H and O–H groups in total. The van der Waals surface area contributed by atoms with Crippen LogP contribution in [0.3, 0.4) is 0 Å². The van der Waals surface area contributed by atoms with Crippen molar-refractivity contribution in [3.05, 3.63) is 46.6 Å². The van der Waals surface area contributed by atoms with Gasteiger partial charge in [0.1, 0.15) is 0 Å². The molecule has 0 bridgehead atoms. The molecule has 2 aromatic rings. The molecule has 0 radical (unpaired) electrons. The zero-order valence-corrected chi connectivity index (χ0v) is 9.61. The molecule has 1 heterocycles. The highest BCUT2D eigenvalue weighted by molar-refractivity contribution is 6.30. The van der Waals surface area contributed by atoms with Gasteiger partial charge in [-0.05, 0) is 24.6 Å². The summed E-state index contributed by atoms with van der Waals surface area (Å²) in [7, 11) is 0. The molecule has 0 aliphatic heterocycles. The molecule has 4 nitrogen and oxygen atoms in total. The van der Waals surface area contributed by atoms with Crippen LogP contribution in [-0.4, -0.2) is 10.1 Å². The highest BCUT2D eigenvalue weighted by atomic mass is 35.5. The number of hydrogen-bond acceptors (Lipinski definition) is 4. The lowest BCUT2D eigenvalue weighted by atomic mass is 10.1. The van der Waals surface area contributed by atoms with Gasteiger partial charge in [0, 0.05) is 5.02 Å². The van der Waals surface area contributed by atoms with Crippen molar-refractivity contribution in [2.24, 2.45) is 5.73 Å². The second-order valence-electron chi connectivity index (χ2n) is 3.64. The number of nitrogens with two attached hydrogens (primary N) is 1. The second kappa shape index (κ2) is 4.63. The van der Waals surface area contributed by atoms with Crippen molar-refractivity contribution in [2.75, 3.05) is 0 Å². The summed E-state index contributed by atoms with van der Waals surface area (Å²) in [5, 5.41) is 4.49. The minimum Gasteiger partial charge on any atom is -0.339 e. The van der Waals surface area contributed by atoms with E-state index in [0.717, 1.165) is 5.56 Å². The number of rotatable bonds is 3. The maximum atomic E-state index is 5.88. The molecule has 0 spiro atoms. The number of benzene rings is 1. The Kier molecular flexibility index (Phi) is 3.22. The normalized spacial score (nSPS) is 12.7. The van der Waals surface area contributed by atoms with Gasteiger partial charge in [-0.1, -0.05) is 28.9 Å². The van der Waals surface area contributed by atoms with Crippen LogP contribution in [0.25, 0.3) is 0 Å². The van der Waals surface area contributed by atoms with Gasteiger partial charge in [0.25, 0.3) is 0 Å². The monoisotopic (exact) mass is 237 g/mol. The Morgan fingerprint density at radius 1 is 1.50 bits per heavy atom. The maximum Gasteiger partial charge on any atom is 0.231 e. The number of aromatic nitrogens is 2. The average molecular weight is 238 g/mol. The van der Waals surface area contributed by atoms with Crippen LogP contribution in [0.15, 0.2) is 28.8 Å². The molecule has 1 atom stereocenters. The van der Waals surface area contributed by atoms with Crippen LogP contribution < -0.4 is 5.73 Å². The van der Waals surface area contributed by atoms with E-state index < -0.39 is 0 Å². The van der Waals surface area contributed by atoms with E-state index in [4.69, 9.17) is 21.9 Å². The molecule has 0 aliphatic rings. The van der Waals surface area contributed by atoms with Crippen LogP contribution in [-0.2, 0) is 6.42 Å². The van der Waals surface area contributed by atoms with Crippen molar-refractivity contribution in [3.63, 3.8) is 0 Å². The Morgan fingerprint density at radius 3 is 2.94 bits per heavy atom. The van der Waals surface area contributed by atoms with Gasteiger partial charge < -0.3 is 10.3 Å². The van der Waals surface area contributed by atoms with Crippen molar-refractivity contribution < 1.29 is 4.52 Å². The predicted molar refractivity (Wildman–Crippen MR) is 61.2 cm³/mol. The highest BCUT2D eigenvalue weighted by Gasteiger charge is 2.10. The molecular formula is C11H12ClN3O. The molecule has 84 valence electrons. The van der Waals surface area contributed by atoms with Crippen LogP contribution in [0, 0.1) is 0 Å². The van der Waals surface area contributed by atoms with Crippen molar-refractivity contribution in [1.82, 2.24) is 10.1 Å². The van der Waals surface area contributed by atoms with Gasteiger partial charge in [-0.2, -0.15) is 4.98 Å². The van der Waals surface area contributed by atoms with E-state index in [1.807, 2.05) is 31.2 Å². The van der Waals surface area contributed by atoms with Crippen LogP contribution in [0.1, 0.15) is 30.2 Å². The Labute approximate surface area is 98.4 Å². The van der Waals surface area contributed by atoms with Crippen molar-refractivity contribution in [2.45, 2.75) is 19.4 Å². The smallest absolute Gasteiger partial charge is 0.231 e. The molecule has 0 saturated carbocycles. The Bertz CT molecular complexity index is 482. The lowest BCUT2D eigenvalue weighted by Crippen LogP contribution is -2.06. The molecule has 1 aromatic carbocycles. The minimum atomic E-state index is -0.211. The Morgan fingerprint density at radius 2 is 2.31 bits per heavy atom. The first-order chi connectivity index (χ1) is 7.65. The van der Waals surface area contributed by atoms with Crippen LogP contribution in [0.5, 0.6) is 0 Å². The van der Waals surface area contributed by atoms with Crippen molar-refractivity contribution in [3.8, 4) is 0 Å². The molecule has 1 unspecified atom stereocenters. The van der Waals surface area contributed by atoms with Gasteiger partial charge in [-0.15, -0.1) is 0 Å². The zero-order valence-electron chi connectivity index (χ0n) is 8.85. The first-order valence-corrected chi connectivity index (χ1v) is 5.35. The summed E-state index contributed by atoms with van der Waals surface area (Å²) >= 11 is 5.88. The highest BCUT2D eigenvalue weighted by Crippen LogP contribution is 2.14. The molecule has 1 aromatic heterocycles. The van der Waals surface area contributed by atoms with E-state index in [1.54, 1.807) is 0 Å². The molecule has 16 heavy (non-hydrogen) atoms. The topological polar surface area (TPSA) is 64.9 Å². The largest absolute Gasteiger partial charge is 0.339 e. The van der Waals surface area contributed by atoms with Gasteiger partial charge in [0.15, 0.2) is 5.82 Å². The van der Waals surface area contributed by atoms with Gasteiger partial charge in [-0.25, -0.2) is 0 Å². The number of nitrogens with zero attached hydrogens (tertiary/aromatic N) is 2. The van der Waals surface area contributed by atoms with E-state index >= 15 is 0 Å². The first kappa shape index (κ1) is 11.1. The third-order valence-corrected chi connectivity index (χ3v) is 2.37. The summed E-state index contributed by atoms with van der Waals surface area (Å²) in [6.07, 6.45) is 0.570. The third kappa shape index (κ3) is 2.59. The quantitative estimate of drug-likeness (QED) is 0.890. The molecule has 0 aliphatic carbocycles. The van der Waals surface area contributed by atoms with E-state index in [1.165, 1.54) is 0 Å². The van der Waals surface area contributed by atoms with E-state index in [9.17, 15) is 0 Å². The first-order valence-electron chi connectivity index (χ1n) is 4.97. The Balaban J connectivity index is 2.14. The minimum absolute atomic E-state index is 0.211. The molecule has 2 rings (SSSR count). The molecule has 0 fully saturated rings. The van der Waals surface area contributed by atoms with Gasteiger partial charge in [-0.3, -0.25) is 0 Å². The summed E-state index contributed by atoms with van der Waals surface area (Å²) in [6.45, 7) is 1.81. The lowest BCUT2D eigenvalue weighted by Gasteiger charge is -1.97. The SMILES string of the molecule is CC(N)c1noc(Cc2cccc(Cl)c2)n1. The van der Waals surface area contributed by atoms with Gasteiger partial charge in [0.2, 0.25) is 5.89 Å². The van der Waals surface area contributed by atoms with Crippen molar-refractivity contribution >= 4 is 11.6 Å². The van der Waals surface area contributed by atoms with E-state index in [2.05, 4.69) is 10.1 Å². The summed E-state index contributed by atoms with van der Waals surface area (Å²) in [6, 6.07) is 7.34. The maximum absolute atomic E-state index is 5.88. The summed E-state index contributed by atoms with van der Waals surface area (Å²) in [5.74, 6) is 1.08. The lowest BCUT2D eigenvalue weighted by molar-refractivity contribution is 0.377. The third-order valence-electron chi connectivity index (χ3n) is 2.14. The summed E-state index contributed by atoms with van der Waals surface area (Å²) in [5.41, 5.74) is 6.67.